The second kappa shape index (κ2) is 6.74. The summed E-state index contributed by atoms with van der Waals surface area (Å²) in [7, 11) is 0. The number of nitrogens with zero attached hydrogens (tertiary/aromatic N) is 1. The van der Waals surface area contributed by atoms with Crippen molar-refractivity contribution in [2.45, 2.75) is 19.4 Å². The van der Waals surface area contributed by atoms with Gasteiger partial charge in [0.2, 0.25) is 0 Å². The zero-order chi connectivity index (χ0) is 11.9. The molecule has 0 aliphatic carbocycles. The minimum Gasteiger partial charge on any atom is -0.379 e. The van der Waals surface area contributed by atoms with Gasteiger partial charge < -0.3 is 10.5 Å². The van der Waals surface area contributed by atoms with Gasteiger partial charge in [-0.3, -0.25) is 4.90 Å². The summed E-state index contributed by atoms with van der Waals surface area (Å²) in [6.07, 6.45) is 2.38. The fourth-order valence-corrected chi connectivity index (χ4v) is 2.17. The van der Waals surface area contributed by atoms with Crippen molar-refractivity contribution in [3.05, 3.63) is 35.4 Å². The third-order valence-corrected chi connectivity index (χ3v) is 3.30. The number of nitrogens with two attached hydrogens (primary N) is 1. The maximum Gasteiger partial charge on any atom is 0.0594 e. The molecule has 17 heavy (non-hydrogen) atoms. The first-order valence-electron chi connectivity index (χ1n) is 6.46. The monoisotopic (exact) mass is 234 g/mol. The van der Waals surface area contributed by atoms with Crippen molar-refractivity contribution in [2.24, 2.45) is 5.73 Å². The molecule has 0 spiro atoms. The van der Waals surface area contributed by atoms with Gasteiger partial charge in [0.25, 0.3) is 0 Å². The van der Waals surface area contributed by atoms with Gasteiger partial charge in [-0.15, -0.1) is 0 Å². The molecule has 2 rings (SSSR count). The lowest BCUT2D eigenvalue weighted by atomic mass is 10.1. The van der Waals surface area contributed by atoms with Crippen molar-refractivity contribution in [3.8, 4) is 0 Å². The van der Waals surface area contributed by atoms with Crippen molar-refractivity contribution >= 4 is 0 Å². The van der Waals surface area contributed by atoms with E-state index in [1.54, 1.807) is 0 Å². The Kier molecular flexibility index (Phi) is 4.98. The second-order valence-corrected chi connectivity index (χ2v) is 4.58. The van der Waals surface area contributed by atoms with Crippen LogP contribution in [0.3, 0.4) is 0 Å². The van der Waals surface area contributed by atoms with E-state index in [4.69, 9.17) is 10.5 Å². The first kappa shape index (κ1) is 12.6. The molecule has 0 atom stereocenters. The SMILES string of the molecule is NCc1ccc(CCCN2CCOCC2)cc1. The average molecular weight is 234 g/mol. The van der Waals surface area contributed by atoms with Gasteiger partial charge in [0.1, 0.15) is 0 Å². The van der Waals surface area contributed by atoms with Gasteiger partial charge in [-0.1, -0.05) is 24.3 Å². The summed E-state index contributed by atoms with van der Waals surface area (Å²) in [4.78, 5) is 2.48. The third kappa shape index (κ3) is 4.11. The fraction of sp³-hybridized carbons (Fsp3) is 0.571. The van der Waals surface area contributed by atoms with E-state index in [1.807, 2.05) is 0 Å². The molecule has 0 amide bonds. The molecule has 1 aromatic rings. The molecule has 0 bridgehead atoms. The number of aryl methyl sites for hydroxylation is 1. The van der Waals surface area contributed by atoms with Crippen molar-refractivity contribution < 1.29 is 4.74 Å². The number of rotatable bonds is 5. The molecule has 1 aliphatic rings. The molecule has 0 saturated carbocycles. The van der Waals surface area contributed by atoms with Crippen LogP contribution in [0.1, 0.15) is 17.5 Å². The molecule has 94 valence electrons. The van der Waals surface area contributed by atoms with Gasteiger partial charge in [-0.25, -0.2) is 0 Å². The summed E-state index contributed by atoms with van der Waals surface area (Å²) in [5.74, 6) is 0. The quantitative estimate of drug-likeness (QED) is 0.837. The van der Waals surface area contributed by atoms with Crippen LogP contribution in [-0.4, -0.2) is 37.7 Å². The highest BCUT2D eigenvalue weighted by molar-refractivity contribution is 5.22. The van der Waals surface area contributed by atoms with E-state index in [9.17, 15) is 0 Å². The van der Waals surface area contributed by atoms with Crippen molar-refractivity contribution in [1.29, 1.82) is 0 Å². The molecule has 1 heterocycles. The molecule has 1 saturated heterocycles. The minimum atomic E-state index is 0.633. The Morgan fingerprint density at radius 3 is 2.35 bits per heavy atom. The predicted octanol–water partition coefficient (Wildman–Crippen LogP) is 1.41. The number of hydrogen-bond donors (Lipinski definition) is 1. The van der Waals surface area contributed by atoms with E-state index >= 15 is 0 Å². The molecule has 3 nitrogen and oxygen atoms in total. The Morgan fingerprint density at radius 2 is 1.71 bits per heavy atom. The van der Waals surface area contributed by atoms with Crippen LogP contribution < -0.4 is 5.73 Å². The first-order chi connectivity index (χ1) is 8.38. The molecule has 0 radical (unpaired) electrons. The molecular weight excluding hydrogens is 212 g/mol. The Morgan fingerprint density at radius 1 is 1.06 bits per heavy atom. The van der Waals surface area contributed by atoms with Crippen LogP contribution in [-0.2, 0) is 17.7 Å². The summed E-state index contributed by atoms with van der Waals surface area (Å²) in [6.45, 7) is 5.78. The topological polar surface area (TPSA) is 38.5 Å². The van der Waals surface area contributed by atoms with Crippen LogP contribution in [0.4, 0.5) is 0 Å². The first-order valence-corrected chi connectivity index (χ1v) is 6.46. The summed E-state index contributed by atoms with van der Waals surface area (Å²) >= 11 is 0. The van der Waals surface area contributed by atoms with Crippen LogP contribution >= 0.6 is 0 Å². The van der Waals surface area contributed by atoms with E-state index in [2.05, 4.69) is 29.2 Å². The zero-order valence-corrected chi connectivity index (χ0v) is 10.4. The van der Waals surface area contributed by atoms with E-state index < -0.39 is 0 Å². The third-order valence-electron chi connectivity index (χ3n) is 3.30. The normalized spacial score (nSPS) is 17.2. The summed E-state index contributed by atoms with van der Waals surface area (Å²) < 4.78 is 5.34. The predicted molar refractivity (Wildman–Crippen MR) is 69.9 cm³/mol. The lowest BCUT2D eigenvalue weighted by Gasteiger charge is -2.26. The Bertz CT molecular complexity index is 317. The second-order valence-electron chi connectivity index (χ2n) is 4.58. The molecule has 1 aromatic carbocycles. The van der Waals surface area contributed by atoms with Crippen molar-refractivity contribution in [3.63, 3.8) is 0 Å². The zero-order valence-electron chi connectivity index (χ0n) is 10.4. The van der Waals surface area contributed by atoms with Crippen molar-refractivity contribution in [2.75, 3.05) is 32.8 Å². The van der Waals surface area contributed by atoms with Gasteiger partial charge in [0.05, 0.1) is 13.2 Å². The number of ether oxygens (including phenoxy) is 1. The van der Waals surface area contributed by atoms with Crippen LogP contribution in [0.25, 0.3) is 0 Å². The average Bonchev–Trinajstić information content (AvgIpc) is 2.41. The van der Waals surface area contributed by atoms with E-state index in [0.29, 0.717) is 6.54 Å². The smallest absolute Gasteiger partial charge is 0.0594 e. The molecule has 0 unspecified atom stereocenters. The Hall–Kier alpha value is -0.900. The van der Waals surface area contributed by atoms with E-state index in [-0.39, 0.29) is 0 Å². The van der Waals surface area contributed by atoms with Crippen LogP contribution in [0.5, 0.6) is 0 Å². The lowest BCUT2D eigenvalue weighted by molar-refractivity contribution is 0.0375. The largest absolute Gasteiger partial charge is 0.379 e. The number of hydrogen-bond acceptors (Lipinski definition) is 3. The molecular formula is C14H22N2O. The van der Waals surface area contributed by atoms with Gasteiger partial charge in [-0.2, -0.15) is 0 Å². The Balaban J connectivity index is 1.69. The molecule has 0 aromatic heterocycles. The van der Waals surface area contributed by atoms with Gasteiger partial charge in [0, 0.05) is 19.6 Å². The maximum atomic E-state index is 5.58. The van der Waals surface area contributed by atoms with Crippen LogP contribution in [0.15, 0.2) is 24.3 Å². The fourth-order valence-electron chi connectivity index (χ4n) is 2.17. The van der Waals surface area contributed by atoms with E-state index in [1.165, 1.54) is 24.1 Å². The van der Waals surface area contributed by atoms with Gasteiger partial charge in [0.15, 0.2) is 0 Å². The molecule has 3 heteroatoms. The molecule has 2 N–H and O–H groups in total. The van der Waals surface area contributed by atoms with E-state index in [0.717, 1.165) is 32.7 Å². The number of benzene rings is 1. The van der Waals surface area contributed by atoms with Crippen LogP contribution in [0, 0.1) is 0 Å². The lowest BCUT2D eigenvalue weighted by Crippen LogP contribution is -2.36. The number of morpholine rings is 1. The summed E-state index contributed by atoms with van der Waals surface area (Å²) in [5, 5.41) is 0. The standard InChI is InChI=1S/C14H22N2O/c15-12-14-5-3-13(4-6-14)2-1-7-16-8-10-17-11-9-16/h3-6H,1-2,7-12,15H2. The minimum absolute atomic E-state index is 0.633. The summed E-state index contributed by atoms with van der Waals surface area (Å²) in [5.41, 5.74) is 8.20. The van der Waals surface area contributed by atoms with Crippen LogP contribution in [0.2, 0.25) is 0 Å². The highest BCUT2D eigenvalue weighted by atomic mass is 16.5. The van der Waals surface area contributed by atoms with Gasteiger partial charge >= 0.3 is 0 Å². The maximum absolute atomic E-state index is 5.58. The summed E-state index contributed by atoms with van der Waals surface area (Å²) in [6, 6.07) is 8.65. The highest BCUT2D eigenvalue weighted by Gasteiger charge is 2.09. The Labute approximate surface area is 104 Å². The van der Waals surface area contributed by atoms with Crippen molar-refractivity contribution in [1.82, 2.24) is 4.90 Å². The van der Waals surface area contributed by atoms with Gasteiger partial charge in [-0.05, 0) is 30.5 Å². The molecule has 1 aliphatic heterocycles. The molecule has 1 fully saturated rings. The highest BCUT2D eigenvalue weighted by Crippen LogP contribution is 2.07.